The van der Waals surface area contributed by atoms with Gasteiger partial charge in [-0.05, 0) is 6.42 Å². The highest BCUT2D eigenvalue weighted by Gasteiger charge is 2.30. The molecule has 0 aliphatic rings. The predicted octanol–water partition coefficient (Wildman–Crippen LogP) is 1.07. The molecular weight excluding hydrogens is 285 g/mol. The van der Waals surface area contributed by atoms with Crippen molar-refractivity contribution in [3.05, 3.63) is 12.7 Å². The summed E-state index contributed by atoms with van der Waals surface area (Å²) in [5.41, 5.74) is 0. The molecule has 8 heteroatoms. The Balaban J connectivity index is 4.79. The molecule has 7 nitrogen and oxygen atoms in total. The number of esters is 1. The summed E-state index contributed by atoms with van der Waals surface area (Å²) in [6.45, 7) is 5.52. The van der Waals surface area contributed by atoms with Crippen molar-refractivity contribution >= 4 is 13.8 Å². The van der Waals surface area contributed by atoms with Crippen LogP contribution in [0, 0.1) is 0 Å². The fourth-order valence-electron chi connectivity index (χ4n) is 1.76. The Bertz CT molecular complexity index is 373. The number of likely N-dealkylation sites (N-methyl/N-ethyl adjacent to an activating group) is 1. The Morgan fingerprint density at radius 2 is 1.90 bits per heavy atom. The van der Waals surface area contributed by atoms with Gasteiger partial charge in [0.05, 0.1) is 21.1 Å². The SMILES string of the molecule is C=CC(=O)OC(CC)CC(C[N+](C)(C)C)OP(=O)(O)O. The van der Waals surface area contributed by atoms with E-state index >= 15 is 0 Å². The smallest absolute Gasteiger partial charge is 0.459 e. The monoisotopic (exact) mass is 310 g/mol. The molecule has 0 aromatic carbocycles. The molecule has 0 saturated heterocycles. The topological polar surface area (TPSA) is 93.1 Å². The molecule has 0 aromatic heterocycles. The Kier molecular flexibility index (Phi) is 7.62. The summed E-state index contributed by atoms with van der Waals surface area (Å²) in [5.74, 6) is -0.558. The third-order valence-corrected chi connectivity index (χ3v) is 3.04. The molecule has 0 spiro atoms. The maximum atomic E-state index is 11.2. The molecule has 0 bridgehead atoms. The number of quaternary nitrogens is 1. The minimum atomic E-state index is -4.59. The van der Waals surface area contributed by atoms with E-state index in [4.69, 9.17) is 19.0 Å². The number of ether oxygens (including phenoxy) is 1. The summed E-state index contributed by atoms with van der Waals surface area (Å²) in [4.78, 5) is 29.1. The number of hydrogen-bond donors (Lipinski definition) is 2. The van der Waals surface area contributed by atoms with Gasteiger partial charge in [-0.1, -0.05) is 13.5 Å². The van der Waals surface area contributed by atoms with Gasteiger partial charge in [-0.25, -0.2) is 9.36 Å². The first-order valence-electron chi connectivity index (χ1n) is 6.34. The van der Waals surface area contributed by atoms with Crippen LogP contribution in [0.15, 0.2) is 12.7 Å². The summed E-state index contributed by atoms with van der Waals surface area (Å²) in [5, 5.41) is 0. The number of carbonyl (C=O) groups is 1. The van der Waals surface area contributed by atoms with Gasteiger partial charge >= 0.3 is 13.8 Å². The first-order chi connectivity index (χ1) is 8.96. The van der Waals surface area contributed by atoms with Gasteiger partial charge < -0.3 is 19.0 Å². The van der Waals surface area contributed by atoms with Crippen LogP contribution in [0.3, 0.4) is 0 Å². The third-order valence-electron chi connectivity index (χ3n) is 2.47. The molecule has 0 fully saturated rings. The number of hydrogen-bond acceptors (Lipinski definition) is 4. The van der Waals surface area contributed by atoms with E-state index in [0.29, 0.717) is 17.4 Å². The number of phosphoric ester groups is 1. The first-order valence-corrected chi connectivity index (χ1v) is 7.87. The van der Waals surface area contributed by atoms with E-state index < -0.39 is 26.0 Å². The van der Waals surface area contributed by atoms with Crippen LogP contribution >= 0.6 is 7.82 Å². The third kappa shape index (κ3) is 10.1. The Labute approximate surface area is 120 Å². The quantitative estimate of drug-likeness (QED) is 0.286. The van der Waals surface area contributed by atoms with E-state index in [1.165, 1.54) is 0 Å². The summed E-state index contributed by atoms with van der Waals surface area (Å²) < 4.78 is 21.4. The normalized spacial score (nSPS) is 15.5. The highest BCUT2D eigenvalue weighted by Crippen LogP contribution is 2.39. The number of phosphoric acid groups is 1. The Morgan fingerprint density at radius 1 is 1.35 bits per heavy atom. The van der Waals surface area contributed by atoms with Gasteiger partial charge in [0, 0.05) is 12.5 Å². The molecule has 2 atom stereocenters. The lowest BCUT2D eigenvalue weighted by molar-refractivity contribution is -0.873. The highest BCUT2D eigenvalue weighted by molar-refractivity contribution is 7.46. The summed E-state index contributed by atoms with van der Waals surface area (Å²) in [6.07, 6.45) is 0.623. The Morgan fingerprint density at radius 3 is 2.25 bits per heavy atom. The summed E-state index contributed by atoms with van der Waals surface area (Å²) >= 11 is 0. The molecule has 0 radical (unpaired) electrons. The zero-order chi connectivity index (χ0) is 16.0. The van der Waals surface area contributed by atoms with Gasteiger partial charge in [0.1, 0.15) is 18.8 Å². The second-order valence-corrected chi connectivity index (χ2v) is 6.79. The van der Waals surface area contributed by atoms with Crippen molar-refractivity contribution in [2.45, 2.75) is 32.0 Å². The van der Waals surface area contributed by atoms with E-state index in [2.05, 4.69) is 6.58 Å². The molecule has 0 amide bonds. The van der Waals surface area contributed by atoms with Crippen LogP contribution in [-0.4, -0.2) is 60.1 Å². The van der Waals surface area contributed by atoms with E-state index in [-0.39, 0.29) is 6.42 Å². The number of carbonyl (C=O) groups excluding carboxylic acids is 1. The van der Waals surface area contributed by atoms with Gasteiger partial charge in [-0.15, -0.1) is 0 Å². The predicted molar refractivity (Wildman–Crippen MR) is 74.8 cm³/mol. The zero-order valence-electron chi connectivity index (χ0n) is 12.5. The van der Waals surface area contributed by atoms with Crippen molar-refractivity contribution in [2.24, 2.45) is 0 Å². The summed E-state index contributed by atoms with van der Waals surface area (Å²) in [6, 6.07) is 0. The molecule has 0 aliphatic carbocycles. The lowest BCUT2D eigenvalue weighted by atomic mass is 10.1. The van der Waals surface area contributed by atoms with E-state index in [0.717, 1.165) is 6.08 Å². The van der Waals surface area contributed by atoms with Crippen LogP contribution in [0.5, 0.6) is 0 Å². The van der Waals surface area contributed by atoms with Crippen LogP contribution in [0.1, 0.15) is 19.8 Å². The molecule has 0 aromatic rings. The number of nitrogens with zero attached hydrogens (tertiary/aromatic N) is 1. The second kappa shape index (κ2) is 7.90. The van der Waals surface area contributed by atoms with Crippen molar-refractivity contribution in [1.82, 2.24) is 0 Å². The van der Waals surface area contributed by atoms with Crippen molar-refractivity contribution in [3.8, 4) is 0 Å². The van der Waals surface area contributed by atoms with Gasteiger partial charge in [-0.2, -0.15) is 0 Å². The Hall–Kier alpha value is -0.720. The molecular formula is C12H25NO6P+. The van der Waals surface area contributed by atoms with Crippen molar-refractivity contribution < 1.29 is 32.9 Å². The highest BCUT2D eigenvalue weighted by atomic mass is 31.2. The lowest BCUT2D eigenvalue weighted by Gasteiger charge is -2.30. The van der Waals surface area contributed by atoms with Gasteiger partial charge in [0.25, 0.3) is 0 Å². The maximum absolute atomic E-state index is 11.2. The average molecular weight is 310 g/mol. The van der Waals surface area contributed by atoms with Crippen LogP contribution in [0.2, 0.25) is 0 Å². The maximum Gasteiger partial charge on any atom is 0.470 e. The van der Waals surface area contributed by atoms with Gasteiger partial charge in [-0.3, -0.25) is 4.52 Å². The molecule has 2 unspecified atom stereocenters. The molecule has 2 N–H and O–H groups in total. The first kappa shape index (κ1) is 19.3. The zero-order valence-corrected chi connectivity index (χ0v) is 13.4. The molecule has 0 rings (SSSR count). The van der Waals surface area contributed by atoms with Gasteiger partial charge in [0.2, 0.25) is 0 Å². The second-order valence-electron chi connectivity index (χ2n) is 5.60. The minimum Gasteiger partial charge on any atom is -0.459 e. The minimum absolute atomic E-state index is 0.219. The molecule has 0 saturated carbocycles. The van der Waals surface area contributed by atoms with Gasteiger partial charge in [0.15, 0.2) is 0 Å². The largest absolute Gasteiger partial charge is 0.470 e. The number of rotatable bonds is 9. The summed E-state index contributed by atoms with van der Waals surface area (Å²) in [7, 11) is 1.06. The molecule has 0 aliphatic heterocycles. The molecule has 20 heavy (non-hydrogen) atoms. The molecule has 0 heterocycles. The van der Waals surface area contributed by atoms with Crippen LogP contribution in [0.25, 0.3) is 0 Å². The van der Waals surface area contributed by atoms with Crippen molar-refractivity contribution in [2.75, 3.05) is 27.7 Å². The van der Waals surface area contributed by atoms with Crippen LogP contribution in [0.4, 0.5) is 0 Å². The average Bonchev–Trinajstić information content (AvgIpc) is 2.23. The van der Waals surface area contributed by atoms with E-state index in [1.54, 1.807) is 0 Å². The van der Waals surface area contributed by atoms with Crippen molar-refractivity contribution in [1.29, 1.82) is 0 Å². The fourth-order valence-corrected chi connectivity index (χ4v) is 2.30. The van der Waals surface area contributed by atoms with E-state index in [9.17, 15) is 9.36 Å². The van der Waals surface area contributed by atoms with Crippen LogP contribution < -0.4 is 0 Å². The lowest BCUT2D eigenvalue weighted by Crippen LogP contribution is -2.43. The fraction of sp³-hybridized carbons (Fsp3) is 0.750. The molecule has 118 valence electrons. The van der Waals surface area contributed by atoms with Crippen LogP contribution in [-0.2, 0) is 18.6 Å². The van der Waals surface area contributed by atoms with Crippen molar-refractivity contribution in [3.63, 3.8) is 0 Å². The van der Waals surface area contributed by atoms with E-state index in [1.807, 2.05) is 28.1 Å². The standard InChI is InChI=1S/C12H24NO6P/c1-6-10(18-12(14)7-2)8-11(9-13(3,4)5)19-20(15,16)17/h7,10-11H,2,6,8-9H2,1,3-5H3,(H-,15,16,17)/p+1.